The fourth-order valence-electron chi connectivity index (χ4n) is 2.37. The van der Waals surface area contributed by atoms with Gasteiger partial charge in [-0.15, -0.1) is 0 Å². The standard InChI is InChI=1S/C18H14BrN3O2/c1-23-14-4-5-15-16(9-14)22-18(21-15)12(10-20)7-11-8-13(19)3-6-17(11)24-2/h3-9H,1-2H3,(H,21,22). The molecule has 0 aliphatic carbocycles. The van der Waals surface area contributed by atoms with E-state index in [0.29, 0.717) is 17.1 Å². The maximum absolute atomic E-state index is 9.54. The second-order valence-electron chi connectivity index (χ2n) is 5.02. The zero-order valence-electron chi connectivity index (χ0n) is 13.1. The Morgan fingerprint density at radius 2 is 2.04 bits per heavy atom. The first-order valence-electron chi connectivity index (χ1n) is 7.14. The molecule has 0 fully saturated rings. The normalized spacial score (nSPS) is 11.3. The number of nitrogens with one attached hydrogen (secondary N) is 1. The average Bonchev–Trinajstić information content (AvgIpc) is 3.02. The number of fused-ring (bicyclic) bond motifs is 1. The number of nitriles is 1. The number of methoxy groups -OCH3 is 2. The van der Waals surface area contributed by atoms with Crippen molar-refractivity contribution in [2.45, 2.75) is 0 Å². The third-order valence-electron chi connectivity index (χ3n) is 3.56. The van der Waals surface area contributed by atoms with E-state index in [-0.39, 0.29) is 0 Å². The molecule has 0 radical (unpaired) electrons. The van der Waals surface area contributed by atoms with Crippen LogP contribution in [0.25, 0.3) is 22.7 Å². The number of aromatic nitrogens is 2. The summed E-state index contributed by atoms with van der Waals surface area (Å²) in [5.41, 5.74) is 2.79. The third kappa shape index (κ3) is 3.12. The van der Waals surface area contributed by atoms with Crippen LogP contribution in [0.15, 0.2) is 40.9 Å². The first-order chi connectivity index (χ1) is 11.6. The van der Waals surface area contributed by atoms with Gasteiger partial charge in [0.2, 0.25) is 0 Å². The maximum atomic E-state index is 9.54. The van der Waals surface area contributed by atoms with Gasteiger partial charge in [-0.3, -0.25) is 0 Å². The third-order valence-corrected chi connectivity index (χ3v) is 4.05. The lowest BCUT2D eigenvalue weighted by Crippen LogP contribution is -1.89. The fourth-order valence-corrected chi connectivity index (χ4v) is 2.75. The highest BCUT2D eigenvalue weighted by Crippen LogP contribution is 2.28. The highest BCUT2D eigenvalue weighted by molar-refractivity contribution is 9.10. The molecule has 1 heterocycles. The van der Waals surface area contributed by atoms with Gasteiger partial charge in [0.1, 0.15) is 23.4 Å². The second kappa shape index (κ2) is 6.77. The topological polar surface area (TPSA) is 70.9 Å². The van der Waals surface area contributed by atoms with Crippen molar-refractivity contribution in [1.29, 1.82) is 5.26 Å². The Morgan fingerprint density at radius 3 is 2.75 bits per heavy atom. The number of rotatable bonds is 4. The van der Waals surface area contributed by atoms with Crippen molar-refractivity contribution in [2.24, 2.45) is 0 Å². The van der Waals surface area contributed by atoms with Crippen LogP contribution in [-0.4, -0.2) is 24.2 Å². The van der Waals surface area contributed by atoms with Crippen LogP contribution in [0.3, 0.4) is 0 Å². The molecule has 3 rings (SSSR count). The van der Waals surface area contributed by atoms with Gasteiger partial charge in [0.05, 0.1) is 30.8 Å². The van der Waals surface area contributed by atoms with Crippen LogP contribution >= 0.6 is 15.9 Å². The van der Waals surface area contributed by atoms with Crippen molar-refractivity contribution in [2.75, 3.05) is 14.2 Å². The molecule has 24 heavy (non-hydrogen) atoms. The molecule has 0 spiro atoms. The van der Waals surface area contributed by atoms with Crippen molar-refractivity contribution in [1.82, 2.24) is 9.97 Å². The molecule has 0 aliphatic heterocycles. The highest BCUT2D eigenvalue weighted by atomic mass is 79.9. The van der Waals surface area contributed by atoms with Crippen molar-refractivity contribution < 1.29 is 9.47 Å². The minimum atomic E-state index is 0.418. The average molecular weight is 384 g/mol. The van der Waals surface area contributed by atoms with Crippen LogP contribution in [0.4, 0.5) is 0 Å². The molecule has 0 aliphatic rings. The van der Waals surface area contributed by atoms with E-state index < -0.39 is 0 Å². The summed E-state index contributed by atoms with van der Waals surface area (Å²) < 4.78 is 11.5. The van der Waals surface area contributed by atoms with Crippen LogP contribution < -0.4 is 9.47 Å². The summed E-state index contributed by atoms with van der Waals surface area (Å²) in [6.07, 6.45) is 1.75. The van der Waals surface area contributed by atoms with Crippen LogP contribution in [-0.2, 0) is 0 Å². The zero-order valence-corrected chi connectivity index (χ0v) is 14.7. The van der Waals surface area contributed by atoms with E-state index in [1.54, 1.807) is 20.3 Å². The van der Waals surface area contributed by atoms with Crippen molar-refractivity contribution in [3.63, 3.8) is 0 Å². The molecule has 120 valence electrons. The smallest absolute Gasteiger partial charge is 0.149 e. The molecule has 2 aromatic carbocycles. The molecule has 0 saturated carbocycles. The van der Waals surface area contributed by atoms with Crippen molar-refractivity contribution in [3.8, 4) is 17.6 Å². The lowest BCUT2D eigenvalue weighted by atomic mass is 10.1. The minimum absolute atomic E-state index is 0.418. The van der Waals surface area contributed by atoms with Gasteiger partial charge < -0.3 is 14.5 Å². The Labute approximate surface area is 147 Å². The molecule has 3 aromatic rings. The summed E-state index contributed by atoms with van der Waals surface area (Å²) in [4.78, 5) is 7.64. The lowest BCUT2D eigenvalue weighted by Gasteiger charge is -2.05. The van der Waals surface area contributed by atoms with E-state index in [0.717, 1.165) is 26.8 Å². The molecule has 0 atom stereocenters. The number of nitrogens with zero attached hydrogens (tertiary/aromatic N) is 2. The molecule has 1 aromatic heterocycles. The highest BCUT2D eigenvalue weighted by Gasteiger charge is 2.10. The van der Waals surface area contributed by atoms with E-state index in [1.807, 2.05) is 36.4 Å². The Balaban J connectivity index is 2.09. The van der Waals surface area contributed by atoms with Crippen LogP contribution in [0.1, 0.15) is 11.4 Å². The Kier molecular flexibility index (Phi) is 4.54. The summed E-state index contributed by atoms with van der Waals surface area (Å²) in [7, 11) is 3.21. The van der Waals surface area contributed by atoms with Crippen molar-refractivity contribution >= 4 is 38.6 Å². The summed E-state index contributed by atoms with van der Waals surface area (Å²) in [5, 5.41) is 9.54. The van der Waals surface area contributed by atoms with Gasteiger partial charge in [0.15, 0.2) is 0 Å². The molecule has 1 N–H and O–H groups in total. The number of benzene rings is 2. The molecule has 0 amide bonds. The minimum Gasteiger partial charge on any atom is -0.497 e. The number of allylic oxidation sites excluding steroid dienone is 1. The monoisotopic (exact) mass is 383 g/mol. The first kappa shape index (κ1) is 16.1. The van der Waals surface area contributed by atoms with Crippen molar-refractivity contribution in [3.05, 3.63) is 52.3 Å². The van der Waals surface area contributed by atoms with E-state index in [1.165, 1.54) is 0 Å². The van der Waals surface area contributed by atoms with E-state index in [2.05, 4.69) is 32.0 Å². The predicted octanol–water partition coefficient (Wildman–Crippen LogP) is 4.41. The fraction of sp³-hybridized carbons (Fsp3) is 0.111. The molecule has 0 unspecified atom stereocenters. The van der Waals surface area contributed by atoms with Gasteiger partial charge in [-0.1, -0.05) is 15.9 Å². The lowest BCUT2D eigenvalue weighted by molar-refractivity contribution is 0.414. The SMILES string of the molecule is COc1ccc2nc(C(C#N)=Cc3cc(Br)ccc3OC)[nH]c2c1. The Bertz CT molecular complexity index is 970. The van der Waals surface area contributed by atoms with Gasteiger partial charge in [-0.05, 0) is 36.4 Å². The summed E-state index contributed by atoms with van der Waals surface area (Å²) in [6, 6.07) is 13.3. The molecular formula is C18H14BrN3O2. The van der Waals surface area contributed by atoms with Gasteiger partial charge in [0.25, 0.3) is 0 Å². The molecule has 0 bridgehead atoms. The number of ether oxygens (including phenoxy) is 2. The number of hydrogen-bond acceptors (Lipinski definition) is 4. The van der Waals surface area contributed by atoms with E-state index >= 15 is 0 Å². The predicted molar refractivity (Wildman–Crippen MR) is 96.8 cm³/mol. The van der Waals surface area contributed by atoms with Crippen LogP contribution in [0.5, 0.6) is 11.5 Å². The molecule has 0 saturated heterocycles. The number of imidazole rings is 1. The van der Waals surface area contributed by atoms with Crippen LogP contribution in [0, 0.1) is 11.3 Å². The molecular weight excluding hydrogens is 370 g/mol. The summed E-state index contributed by atoms with van der Waals surface area (Å²) >= 11 is 3.43. The second-order valence-corrected chi connectivity index (χ2v) is 5.94. The van der Waals surface area contributed by atoms with Gasteiger partial charge in [-0.2, -0.15) is 5.26 Å². The summed E-state index contributed by atoms with van der Waals surface area (Å²) in [5.74, 6) is 1.92. The summed E-state index contributed by atoms with van der Waals surface area (Å²) in [6.45, 7) is 0. The van der Waals surface area contributed by atoms with E-state index in [9.17, 15) is 5.26 Å². The number of hydrogen-bond donors (Lipinski definition) is 1. The van der Waals surface area contributed by atoms with Gasteiger partial charge >= 0.3 is 0 Å². The molecule has 5 nitrogen and oxygen atoms in total. The van der Waals surface area contributed by atoms with E-state index in [4.69, 9.17) is 9.47 Å². The van der Waals surface area contributed by atoms with Gasteiger partial charge in [-0.25, -0.2) is 4.98 Å². The number of H-pyrrole nitrogens is 1. The Morgan fingerprint density at radius 1 is 1.21 bits per heavy atom. The number of aromatic amines is 1. The zero-order chi connectivity index (χ0) is 17.1. The maximum Gasteiger partial charge on any atom is 0.149 e. The molecule has 6 heteroatoms. The Hall–Kier alpha value is -2.78. The number of halogens is 1. The first-order valence-corrected chi connectivity index (χ1v) is 7.93. The van der Waals surface area contributed by atoms with Gasteiger partial charge in [0, 0.05) is 16.1 Å². The quantitative estimate of drug-likeness (QED) is 0.677. The largest absolute Gasteiger partial charge is 0.497 e. The van der Waals surface area contributed by atoms with Crippen LogP contribution in [0.2, 0.25) is 0 Å².